The van der Waals surface area contributed by atoms with Crippen LogP contribution in [0.5, 0.6) is 11.5 Å². The molecule has 0 saturated heterocycles. The first-order valence-electron chi connectivity index (χ1n) is 8.89. The van der Waals surface area contributed by atoms with E-state index >= 15 is 0 Å². The van der Waals surface area contributed by atoms with Crippen molar-refractivity contribution in [1.29, 1.82) is 0 Å². The Hall–Kier alpha value is -3.66. The molecular weight excluding hydrogens is 408 g/mol. The molecule has 0 saturated carbocycles. The highest BCUT2D eigenvalue weighted by molar-refractivity contribution is 7.90. The molecule has 2 heterocycles. The summed E-state index contributed by atoms with van der Waals surface area (Å²) >= 11 is 0. The van der Waals surface area contributed by atoms with Gasteiger partial charge in [0.15, 0.2) is 15.7 Å². The topological polar surface area (TPSA) is 116 Å². The lowest BCUT2D eigenvalue weighted by Gasteiger charge is -2.10. The summed E-state index contributed by atoms with van der Waals surface area (Å²) in [5.41, 5.74) is 0.798. The van der Waals surface area contributed by atoms with E-state index < -0.39 is 15.7 Å². The average molecular weight is 426 g/mol. The van der Waals surface area contributed by atoms with Crippen LogP contribution in [0.3, 0.4) is 0 Å². The van der Waals surface area contributed by atoms with Gasteiger partial charge in [0, 0.05) is 18.9 Å². The van der Waals surface area contributed by atoms with Gasteiger partial charge in [-0.3, -0.25) is 4.79 Å². The van der Waals surface area contributed by atoms with Crippen molar-refractivity contribution >= 4 is 32.5 Å². The SMILES string of the molecule is Cc1cc2c(Oc3ccc(S(C)(=O)=O)cc3)cc(C(=O)Nc3cnn(C)n3)cc2o1. The van der Waals surface area contributed by atoms with Gasteiger partial charge in [-0.1, -0.05) is 0 Å². The van der Waals surface area contributed by atoms with Crippen LogP contribution in [0.25, 0.3) is 11.0 Å². The summed E-state index contributed by atoms with van der Waals surface area (Å²) in [6.07, 6.45) is 2.58. The number of hydrogen-bond donors (Lipinski definition) is 1. The van der Waals surface area contributed by atoms with Crippen LogP contribution in [0.1, 0.15) is 16.1 Å². The molecule has 9 nitrogen and oxygen atoms in total. The van der Waals surface area contributed by atoms with Crippen molar-refractivity contribution in [1.82, 2.24) is 15.0 Å². The summed E-state index contributed by atoms with van der Waals surface area (Å²) in [5, 5.41) is 11.3. The first-order chi connectivity index (χ1) is 14.2. The molecule has 0 radical (unpaired) electrons. The van der Waals surface area contributed by atoms with Crippen molar-refractivity contribution in [3.8, 4) is 11.5 Å². The van der Waals surface area contributed by atoms with Crippen molar-refractivity contribution in [2.75, 3.05) is 11.6 Å². The second-order valence-corrected chi connectivity index (χ2v) is 8.78. The first kappa shape index (κ1) is 19.6. The molecule has 0 bridgehead atoms. The lowest BCUT2D eigenvalue weighted by atomic mass is 10.1. The monoisotopic (exact) mass is 426 g/mol. The van der Waals surface area contributed by atoms with E-state index in [0.29, 0.717) is 39.6 Å². The number of fused-ring (bicyclic) bond motifs is 1. The van der Waals surface area contributed by atoms with Gasteiger partial charge in [0.25, 0.3) is 5.91 Å². The van der Waals surface area contributed by atoms with E-state index in [0.717, 1.165) is 6.26 Å². The summed E-state index contributed by atoms with van der Waals surface area (Å²) in [4.78, 5) is 14.2. The number of nitrogens with zero attached hydrogens (tertiary/aromatic N) is 3. The first-order valence-corrected chi connectivity index (χ1v) is 10.8. The third kappa shape index (κ3) is 4.03. The van der Waals surface area contributed by atoms with E-state index in [1.54, 1.807) is 44.3 Å². The minimum Gasteiger partial charge on any atom is -0.461 e. The third-order valence-corrected chi connectivity index (χ3v) is 5.43. The highest BCUT2D eigenvalue weighted by atomic mass is 32.2. The quantitative estimate of drug-likeness (QED) is 0.520. The van der Waals surface area contributed by atoms with Crippen LogP contribution in [-0.4, -0.2) is 35.6 Å². The number of carbonyl (C=O) groups excluding carboxylic acids is 1. The van der Waals surface area contributed by atoms with Gasteiger partial charge < -0.3 is 14.5 Å². The fourth-order valence-electron chi connectivity index (χ4n) is 2.92. The second kappa shape index (κ2) is 7.30. The van der Waals surface area contributed by atoms with Crippen molar-refractivity contribution in [2.24, 2.45) is 7.05 Å². The fraction of sp³-hybridized carbons (Fsp3) is 0.150. The molecular formula is C20H18N4O5S. The van der Waals surface area contributed by atoms with Crippen LogP contribution in [0.4, 0.5) is 5.82 Å². The van der Waals surface area contributed by atoms with Crippen molar-refractivity contribution in [2.45, 2.75) is 11.8 Å². The molecule has 0 aliphatic rings. The number of amides is 1. The minimum absolute atomic E-state index is 0.191. The lowest BCUT2D eigenvalue weighted by molar-refractivity contribution is 0.102. The van der Waals surface area contributed by atoms with E-state index in [-0.39, 0.29) is 4.90 Å². The minimum atomic E-state index is -3.31. The van der Waals surface area contributed by atoms with Gasteiger partial charge in [-0.25, -0.2) is 8.42 Å². The number of hydrogen-bond acceptors (Lipinski definition) is 7. The number of aromatic nitrogens is 3. The molecule has 1 amide bonds. The molecule has 2 aromatic carbocycles. The van der Waals surface area contributed by atoms with E-state index in [2.05, 4.69) is 15.5 Å². The highest BCUT2D eigenvalue weighted by Crippen LogP contribution is 2.34. The Labute approximate surface area is 172 Å². The average Bonchev–Trinajstić information content (AvgIpc) is 3.25. The van der Waals surface area contributed by atoms with Crippen molar-refractivity contribution in [3.05, 3.63) is 60.0 Å². The van der Waals surface area contributed by atoms with Crippen LogP contribution in [0.2, 0.25) is 0 Å². The molecule has 4 rings (SSSR count). The normalized spacial score (nSPS) is 11.6. The predicted molar refractivity (Wildman–Crippen MR) is 110 cm³/mol. The molecule has 0 spiro atoms. The van der Waals surface area contributed by atoms with E-state index in [4.69, 9.17) is 9.15 Å². The number of sulfone groups is 1. The summed E-state index contributed by atoms with van der Waals surface area (Å²) in [6.45, 7) is 1.80. The fourth-order valence-corrected chi connectivity index (χ4v) is 3.55. The van der Waals surface area contributed by atoms with Crippen LogP contribution in [0, 0.1) is 6.92 Å². The Morgan fingerprint density at radius 2 is 1.90 bits per heavy atom. The van der Waals surface area contributed by atoms with Crippen molar-refractivity contribution in [3.63, 3.8) is 0 Å². The molecule has 0 aliphatic heterocycles. The number of rotatable bonds is 5. The number of furan rings is 1. The number of benzene rings is 2. The zero-order valence-corrected chi connectivity index (χ0v) is 17.2. The Morgan fingerprint density at radius 1 is 1.17 bits per heavy atom. The molecule has 154 valence electrons. The largest absolute Gasteiger partial charge is 0.461 e. The maximum Gasteiger partial charge on any atom is 0.257 e. The number of ether oxygens (including phenoxy) is 1. The summed E-state index contributed by atoms with van der Waals surface area (Å²) in [7, 11) is -1.66. The third-order valence-electron chi connectivity index (χ3n) is 4.31. The Balaban J connectivity index is 1.68. The van der Waals surface area contributed by atoms with Crippen molar-refractivity contribution < 1.29 is 22.4 Å². The van der Waals surface area contributed by atoms with Gasteiger partial charge in [0.05, 0.1) is 16.5 Å². The molecule has 0 unspecified atom stereocenters. The van der Waals surface area contributed by atoms with E-state index in [9.17, 15) is 13.2 Å². The smallest absolute Gasteiger partial charge is 0.257 e. The second-order valence-electron chi connectivity index (χ2n) is 6.76. The Bertz CT molecular complexity index is 1350. The Kier molecular flexibility index (Phi) is 4.78. The molecule has 2 aromatic heterocycles. The zero-order valence-electron chi connectivity index (χ0n) is 16.4. The summed E-state index contributed by atoms with van der Waals surface area (Å²) in [6, 6.07) is 11.1. The van der Waals surface area contributed by atoms with Gasteiger partial charge in [0.1, 0.15) is 22.8 Å². The van der Waals surface area contributed by atoms with Gasteiger partial charge in [-0.2, -0.15) is 9.90 Å². The van der Waals surface area contributed by atoms with Gasteiger partial charge in [-0.05, 0) is 49.4 Å². The number of aryl methyl sites for hydroxylation is 2. The van der Waals surface area contributed by atoms with Crippen LogP contribution < -0.4 is 10.1 Å². The highest BCUT2D eigenvalue weighted by Gasteiger charge is 2.16. The maximum absolute atomic E-state index is 12.7. The van der Waals surface area contributed by atoms with Crippen LogP contribution >= 0.6 is 0 Å². The molecule has 1 N–H and O–H groups in total. The number of nitrogens with one attached hydrogen (secondary N) is 1. The lowest BCUT2D eigenvalue weighted by Crippen LogP contribution is -2.12. The molecule has 0 atom stereocenters. The summed E-state index contributed by atoms with van der Waals surface area (Å²) in [5.74, 6) is 1.41. The molecule has 0 fully saturated rings. The van der Waals surface area contributed by atoms with Crippen LogP contribution in [-0.2, 0) is 16.9 Å². The van der Waals surface area contributed by atoms with Gasteiger partial charge >= 0.3 is 0 Å². The summed E-state index contributed by atoms with van der Waals surface area (Å²) < 4.78 is 34.9. The van der Waals surface area contributed by atoms with Crippen LogP contribution in [0.15, 0.2) is 58.0 Å². The number of carbonyl (C=O) groups is 1. The molecule has 10 heteroatoms. The molecule has 30 heavy (non-hydrogen) atoms. The van der Waals surface area contributed by atoms with E-state index in [1.807, 2.05) is 0 Å². The zero-order chi connectivity index (χ0) is 21.5. The molecule has 4 aromatic rings. The standard InChI is InChI=1S/C20H18N4O5S/c1-12-8-16-17(28-12)9-13(20(25)22-19-11-21-24(2)23-19)10-18(16)29-14-4-6-15(7-5-14)30(3,26)27/h4-11H,1-3H3,(H,22,23,25). The molecule has 0 aliphatic carbocycles. The number of anilines is 1. The van der Waals surface area contributed by atoms with E-state index in [1.165, 1.54) is 23.1 Å². The maximum atomic E-state index is 12.7. The predicted octanol–water partition coefficient (Wildman–Crippen LogP) is 3.32. The Morgan fingerprint density at radius 3 is 2.53 bits per heavy atom. The van der Waals surface area contributed by atoms with Gasteiger partial charge in [0.2, 0.25) is 0 Å². The van der Waals surface area contributed by atoms with Gasteiger partial charge in [-0.15, -0.1) is 5.10 Å².